The molecule has 3 nitrogen and oxygen atoms in total. The van der Waals surface area contributed by atoms with Crippen molar-refractivity contribution in [2.24, 2.45) is 0 Å². The molecule has 0 aliphatic heterocycles. The van der Waals surface area contributed by atoms with Crippen LogP contribution in [0.4, 0.5) is 0 Å². The van der Waals surface area contributed by atoms with E-state index in [1.54, 1.807) is 25.4 Å². The minimum Gasteiger partial charge on any atom is -0.494 e. The van der Waals surface area contributed by atoms with Crippen LogP contribution in [0.25, 0.3) is 0 Å². The fourth-order valence-corrected chi connectivity index (χ4v) is 2.02. The van der Waals surface area contributed by atoms with Gasteiger partial charge in [-0.15, -0.1) is 0 Å². The van der Waals surface area contributed by atoms with Crippen molar-refractivity contribution in [3.8, 4) is 5.75 Å². The van der Waals surface area contributed by atoms with Crippen LogP contribution in [-0.2, 0) is 6.42 Å². The highest BCUT2D eigenvalue weighted by Crippen LogP contribution is 2.18. The Morgan fingerprint density at radius 3 is 2.74 bits per heavy atom. The molecule has 0 bridgehead atoms. The van der Waals surface area contributed by atoms with E-state index in [0.717, 1.165) is 6.42 Å². The van der Waals surface area contributed by atoms with Crippen LogP contribution < -0.4 is 4.74 Å². The second kappa shape index (κ2) is 6.14. The number of rotatable bonds is 5. The third-order valence-electron chi connectivity index (χ3n) is 3.14. The van der Waals surface area contributed by atoms with Crippen LogP contribution in [-0.4, -0.2) is 17.9 Å². The highest BCUT2D eigenvalue weighted by atomic mass is 16.5. The van der Waals surface area contributed by atoms with Gasteiger partial charge >= 0.3 is 0 Å². The van der Waals surface area contributed by atoms with E-state index in [1.165, 1.54) is 11.1 Å². The molecule has 1 aromatic heterocycles. The smallest absolute Gasteiger partial charge is 0.185 e. The largest absolute Gasteiger partial charge is 0.494 e. The first-order valence-electron chi connectivity index (χ1n) is 6.29. The van der Waals surface area contributed by atoms with Crippen LogP contribution in [0.5, 0.6) is 5.75 Å². The van der Waals surface area contributed by atoms with Crippen LogP contribution in [0.1, 0.15) is 28.0 Å². The van der Waals surface area contributed by atoms with Gasteiger partial charge in [-0.05, 0) is 36.6 Å². The van der Waals surface area contributed by atoms with Crippen molar-refractivity contribution in [1.29, 1.82) is 0 Å². The molecular weight excluding hydrogens is 238 g/mol. The number of aryl methyl sites for hydroxylation is 2. The van der Waals surface area contributed by atoms with Gasteiger partial charge in [-0.25, -0.2) is 4.98 Å². The van der Waals surface area contributed by atoms with Crippen molar-refractivity contribution in [2.75, 3.05) is 7.11 Å². The van der Waals surface area contributed by atoms with Gasteiger partial charge in [0.15, 0.2) is 5.78 Å². The predicted molar refractivity (Wildman–Crippen MR) is 74.6 cm³/mol. The average Bonchev–Trinajstić information content (AvgIpc) is 2.46. The number of nitrogens with zero attached hydrogens (tertiary/aromatic N) is 1. The summed E-state index contributed by atoms with van der Waals surface area (Å²) in [6.07, 6.45) is 2.78. The standard InChI is InChI=1S/C16H17NO2/c1-12-6-3-4-7-13(12)9-10-14(18)16-15(19-2)8-5-11-17-16/h3-8,11H,9-10H2,1-2H3. The van der Waals surface area contributed by atoms with Crippen molar-refractivity contribution < 1.29 is 9.53 Å². The Balaban J connectivity index is 2.08. The summed E-state index contributed by atoms with van der Waals surface area (Å²) in [5, 5.41) is 0. The minimum atomic E-state index is 0.0145. The zero-order valence-corrected chi connectivity index (χ0v) is 11.2. The number of Topliss-reactive ketones (excluding diaryl/α,β-unsaturated/α-hetero) is 1. The molecule has 0 unspecified atom stereocenters. The van der Waals surface area contributed by atoms with Gasteiger partial charge in [-0.3, -0.25) is 4.79 Å². The number of benzene rings is 1. The maximum Gasteiger partial charge on any atom is 0.185 e. The summed E-state index contributed by atoms with van der Waals surface area (Å²) in [6.45, 7) is 2.06. The van der Waals surface area contributed by atoms with Crippen LogP contribution in [0, 0.1) is 6.92 Å². The molecule has 0 amide bonds. The first kappa shape index (κ1) is 13.3. The number of ether oxygens (including phenoxy) is 1. The summed E-state index contributed by atoms with van der Waals surface area (Å²) < 4.78 is 5.16. The number of hydrogen-bond acceptors (Lipinski definition) is 3. The van der Waals surface area contributed by atoms with Gasteiger partial charge in [-0.1, -0.05) is 24.3 Å². The second-order valence-electron chi connectivity index (χ2n) is 4.40. The van der Waals surface area contributed by atoms with Gasteiger partial charge in [0.1, 0.15) is 11.4 Å². The number of ketones is 1. The number of carbonyl (C=O) groups excluding carboxylic acids is 1. The monoisotopic (exact) mass is 255 g/mol. The second-order valence-corrected chi connectivity index (χ2v) is 4.40. The maximum absolute atomic E-state index is 12.2. The molecule has 0 radical (unpaired) electrons. The number of hydrogen-bond donors (Lipinski definition) is 0. The topological polar surface area (TPSA) is 39.2 Å². The maximum atomic E-state index is 12.2. The highest BCUT2D eigenvalue weighted by Gasteiger charge is 2.13. The molecule has 0 fully saturated rings. The summed E-state index contributed by atoms with van der Waals surface area (Å²) in [5.41, 5.74) is 2.83. The molecule has 2 rings (SSSR count). The lowest BCUT2D eigenvalue weighted by atomic mass is 10.0. The first-order chi connectivity index (χ1) is 9.22. The normalized spacial score (nSPS) is 10.2. The van der Waals surface area contributed by atoms with Gasteiger partial charge in [0, 0.05) is 12.6 Å². The van der Waals surface area contributed by atoms with E-state index in [9.17, 15) is 4.79 Å². The van der Waals surface area contributed by atoms with E-state index in [-0.39, 0.29) is 5.78 Å². The Bertz CT molecular complexity index is 578. The zero-order chi connectivity index (χ0) is 13.7. The fraction of sp³-hybridized carbons (Fsp3) is 0.250. The van der Waals surface area contributed by atoms with E-state index >= 15 is 0 Å². The van der Waals surface area contributed by atoms with Crippen LogP contribution in [0.2, 0.25) is 0 Å². The summed E-state index contributed by atoms with van der Waals surface area (Å²) in [5.74, 6) is 0.554. The number of carbonyl (C=O) groups is 1. The Labute approximate surface area is 113 Å². The molecule has 0 saturated carbocycles. The molecule has 1 aromatic carbocycles. The van der Waals surface area contributed by atoms with E-state index < -0.39 is 0 Å². The predicted octanol–water partition coefficient (Wildman–Crippen LogP) is 3.21. The average molecular weight is 255 g/mol. The molecule has 0 aliphatic rings. The molecule has 0 saturated heterocycles. The summed E-state index contributed by atoms with van der Waals surface area (Å²) in [7, 11) is 1.55. The minimum absolute atomic E-state index is 0.0145. The summed E-state index contributed by atoms with van der Waals surface area (Å²) in [4.78, 5) is 16.3. The number of methoxy groups -OCH3 is 1. The summed E-state index contributed by atoms with van der Waals surface area (Å²) in [6, 6.07) is 11.6. The lowest BCUT2D eigenvalue weighted by Crippen LogP contribution is -2.06. The first-order valence-corrected chi connectivity index (χ1v) is 6.29. The lowest BCUT2D eigenvalue weighted by Gasteiger charge is -2.07. The van der Waals surface area contributed by atoms with E-state index in [1.807, 2.05) is 12.1 Å². The number of aromatic nitrogens is 1. The molecular formula is C16H17NO2. The molecule has 1 heterocycles. The summed E-state index contributed by atoms with van der Waals surface area (Å²) >= 11 is 0. The highest BCUT2D eigenvalue weighted by molar-refractivity contribution is 5.96. The third kappa shape index (κ3) is 3.19. The van der Waals surface area contributed by atoms with Crippen molar-refractivity contribution in [3.05, 3.63) is 59.4 Å². The van der Waals surface area contributed by atoms with Gasteiger partial charge in [-0.2, -0.15) is 0 Å². The van der Waals surface area contributed by atoms with Gasteiger partial charge in [0.25, 0.3) is 0 Å². The van der Waals surface area contributed by atoms with Crippen molar-refractivity contribution in [2.45, 2.75) is 19.8 Å². The Hall–Kier alpha value is -2.16. The SMILES string of the molecule is COc1cccnc1C(=O)CCc1ccccc1C. The lowest BCUT2D eigenvalue weighted by molar-refractivity contribution is 0.0974. The molecule has 0 spiro atoms. The molecule has 19 heavy (non-hydrogen) atoms. The van der Waals surface area contributed by atoms with E-state index in [2.05, 4.69) is 24.0 Å². The Morgan fingerprint density at radius 1 is 1.21 bits per heavy atom. The Morgan fingerprint density at radius 2 is 2.00 bits per heavy atom. The third-order valence-corrected chi connectivity index (χ3v) is 3.14. The fourth-order valence-electron chi connectivity index (χ4n) is 2.02. The zero-order valence-electron chi connectivity index (χ0n) is 11.2. The van der Waals surface area contributed by atoms with Crippen LogP contribution in [0.15, 0.2) is 42.6 Å². The van der Waals surface area contributed by atoms with Crippen molar-refractivity contribution >= 4 is 5.78 Å². The van der Waals surface area contributed by atoms with E-state index in [0.29, 0.717) is 17.9 Å². The van der Waals surface area contributed by atoms with Crippen LogP contribution in [0.3, 0.4) is 0 Å². The van der Waals surface area contributed by atoms with Gasteiger partial charge in [0.05, 0.1) is 7.11 Å². The van der Waals surface area contributed by atoms with Crippen molar-refractivity contribution in [3.63, 3.8) is 0 Å². The molecule has 3 heteroatoms. The quantitative estimate of drug-likeness (QED) is 0.770. The van der Waals surface area contributed by atoms with Crippen LogP contribution >= 0.6 is 0 Å². The molecule has 0 atom stereocenters. The molecule has 2 aromatic rings. The van der Waals surface area contributed by atoms with Crippen molar-refractivity contribution in [1.82, 2.24) is 4.98 Å². The van der Waals surface area contributed by atoms with Gasteiger partial charge < -0.3 is 4.74 Å². The van der Waals surface area contributed by atoms with E-state index in [4.69, 9.17) is 4.74 Å². The molecule has 0 N–H and O–H groups in total. The van der Waals surface area contributed by atoms with Gasteiger partial charge in [0.2, 0.25) is 0 Å². The molecule has 98 valence electrons. The molecule has 0 aliphatic carbocycles. The number of pyridine rings is 1. The Kier molecular flexibility index (Phi) is 4.29.